The Labute approximate surface area is 453 Å². The molecule has 418 valence electrons. The molecule has 16 atom stereocenters. The Hall–Kier alpha value is -4.38. The van der Waals surface area contributed by atoms with Crippen molar-refractivity contribution in [3.8, 4) is 11.8 Å². The van der Waals surface area contributed by atoms with Gasteiger partial charge in [-0.2, -0.15) is 0 Å². The number of amides is 1. The van der Waals surface area contributed by atoms with Gasteiger partial charge in [0.15, 0.2) is 5.78 Å². The fraction of sp³-hybridized carbons (Fsp3) is 0.746. The number of aliphatic hydroxyl groups excluding tert-OH is 1. The van der Waals surface area contributed by atoms with Crippen molar-refractivity contribution in [2.24, 2.45) is 63.6 Å². The number of carboxylic acids is 1. The molecule has 0 bridgehead atoms. The number of carboxylic acid groups (broad SMARTS) is 1. The molecule has 4 N–H and O–H groups in total. The zero-order chi connectivity index (χ0) is 54.5. The van der Waals surface area contributed by atoms with E-state index in [9.17, 15) is 34.5 Å². The van der Waals surface area contributed by atoms with Crippen LogP contribution in [0.4, 0.5) is 15.3 Å². The summed E-state index contributed by atoms with van der Waals surface area (Å²) >= 11 is 0. The lowest BCUT2D eigenvalue weighted by Gasteiger charge is -2.64. The zero-order valence-corrected chi connectivity index (χ0v) is 47.2. The Balaban J connectivity index is 0.861. The number of carbonyl (C=O) groups is 4. The smallest absolute Gasteiger partial charge is 0.481 e. The van der Waals surface area contributed by atoms with Crippen molar-refractivity contribution < 1.29 is 53.4 Å². The van der Waals surface area contributed by atoms with E-state index in [2.05, 4.69) is 81.1 Å². The highest BCUT2D eigenvalue weighted by atomic mass is 16.7. The van der Waals surface area contributed by atoms with Gasteiger partial charge in [-0.15, -0.1) is 5.92 Å². The van der Waals surface area contributed by atoms with Crippen LogP contribution in [0.5, 0.6) is 0 Å². The lowest BCUT2D eigenvalue weighted by Crippen LogP contribution is -2.63. The van der Waals surface area contributed by atoms with Crippen molar-refractivity contribution in [3.05, 3.63) is 52.6 Å². The molecule has 8 aliphatic rings. The van der Waals surface area contributed by atoms with Crippen molar-refractivity contribution in [3.63, 3.8) is 0 Å². The number of nitrogens with one attached hydrogen (secondary N) is 1. The Morgan fingerprint density at radius 2 is 1.70 bits per heavy atom. The Kier molecular flexibility index (Phi) is 16.3. The monoisotopic (exact) mass is 1050 g/mol. The van der Waals surface area contributed by atoms with Gasteiger partial charge in [-0.25, -0.2) is 9.59 Å². The molecule has 6 saturated carbocycles. The SMILES string of the molecule is CC#C[C@]1(O)CCC2C3CCC4=CC(=O)CCC4=C3[C@@H](c3ccc(N(C)CCO[C@H]4CC[C@@]5(C)[C@@H](C4)C[C@@H](OC(=O)OCCCNC(=O)OC(C)(C)C)[C@@H]4[C@@H]5C[C@H](O)[C@]5(C)C([C@H](C)CCC(=O)O)CC[C@@H]45)cc3)C[C@@]21C. The van der Waals surface area contributed by atoms with Gasteiger partial charge in [-0.3, -0.25) is 9.59 Å². The van der Waals surface area contributed by atoms with Crippen molar-refractivity contribution >= 4 is 29.7 Å². The van der Waals surface area contributed by atoms with Crippen molar-refractivity contribution in [2.75, 3.05) is 38.3 Å². The average molecular weight is 1050 g/mol. The van der Waals surface area contributed by atoms with Crippen LogP contribution in [0, 0.1) is 75.4 Å². The van der Waals surface area contributed by atoms with E-state index in [1.165, 1.54) is 22.3 Å². The second-order valence-electron chi connectivity index (χ2n) is 26.5. The number of ether oxygens (including phenoxy) is 4. The fourth-order valence-electron chi connectivity index (χ4n) is 17.6. The molecule has 8 aliphatic carbocycles. The van der Waals surface area contributed by atoms with Crippen LogP contribution in [0.2, 0.25) is 0 Å². The van der Waals surface area contributed by atoms with Crippen LogP contribution in [-0.4, -0.2) is 102 Å². The van der Waals surface area contributed by atoms with Crippen LogP contribution in [0.25, 0.3) is 0 Å². The Morgan fingerprint density at radius 3 is 2.42 bits per heavy atom. The van der Waals surface area contributed by atoms with Crippen LogP contribution < -0.4 is 10.2 Å². The molecule has 9 rings (SSSR count). The minimum atomic E-state index is -1.02. The number of carbonyl (C=O) groups excluding carboxylic acids is 3. The number of hydrogen-bond donors (Lipinski definition) is 4. The number of fused-ring (bicyclic) bond motifs is 9. The van der Waals surface area contributed by atoms with Crippen molar-refractivity contribution in [1.82, 2.24) is 5.32 Å². The molecule has 13 heteroatoms. The van der Waals surface area contributed by atoms with E-state index >= 15 is 0 Å². The zero-order valence-electron chi connectivity index (χ0n) is 47.2. The lowest BCUT2D eigenvalue weighted by atomic mass is 9.43. The summed E-state index contributed by atoms with van der Waals surface area (Å²) < 4.78 is 24.2. The van der Waals surface area contributed by atoms with E-state index in [0.717, 1.165) is 69.9 Å². The molecule has 0 radical (unpaired) electrons. The first-order chi connectivity index (χ1) is 36.0. The molecule has 0 spiro atoms. The van der Waals surface area contributed by atoms with Gasteiger partial charge in [-0.05, 0) is 211 Å². The molecule has 0 saturated heterocycles. The first-order valence-electron chi connectivity index (χ1n) is 29.3. The van der Waals surface area contributed by atoms with Crippen LogP contribution in [0.15, 0.2) is 47.1 Å². The molecule has 0 aromatic heterocycles. The van der Waals surface area contributed by atoms with E-state index in [4.69, 9.17) is 18.9 Å². The third-order valence-corrected chi connectivity index (χ3v) is 21.5. The predicted molar refractivity (Wildman–Crippen MR) is 291 cm³/mol. The van der Waals surface area contributed by atoms with Gasteiger partial charge in [-0.1, -0.05) is 51.3 Å². The largest absolute Gasteiger partial charge is 0.508 e. The number of benzene rings is 1. The number of ketones is 1. The number of anilines is 1. The van der Waals surface area contributed by atoms with Crippen LogP contribution in [-0.2, 0) is 28.5 Å². The van der Waals surface area contributed by atoms with Gasteiger partial charge < -0.3 is 44.5 Å². The second-order valence-corrected chi connectivity index (χ2v) is 26.5. The van der Waals surface area contributed by atoms with Crippen molar-refractivity contribution in [2.45, 2.75) is 200 Å². The molecule has 0 aliphatic heterocycles. The third-order valence-electron chi connectivity index (χ3n) is 21.5. The Morgan fingerprint density at radius 1 is 0.934 bits per heavy atom. The van der Waals surface area contributed by atoms with Crippen molar-refractivity contribution in [1.29, 1.82) is 0 Å². The topological polar surface area (TPSA) is 181 Å². The summed E-state index contributed by atoms with van der Waals surface area (Å²) in [6.45, 7) is 17.9. The molecule has 13 nitrogen and oxygen atoms in total. The summed E-state index contributed by atoms with van der Waals surface area (Å²) in [4.78, 5) is 52.3. The number of nitrogens with zero attached hydrogens (tertiary/aromatic N) is 1. The summed E-state index contributed by atoms with van der Waals surface area (Å²) in [7, 11) is 2.12. The third kappa shape index (κ3) is 10.8. The molecular formula is C63H90N2O11. The quantitative estimate of drug-likeness (QED) is 0.0743. The van der Waals surface area contributed by atoms with Crippen LogP contribution >= 0.6 is 0 Å². The molecule has 6 fully saturated rings. The second kappa shape index (κ2) is 22.0. The average Bonchev–Trinajstić information content (AvgIpc) is 3.96. The molecule has 0 heterocycles. The summed E-state index contributed by atoms with van der Waals surface area (Å²) in [5, 5.41) is 36.8. The summed E-state index contributed by atoms with van der Waals surface area (Å²) in [5.74, 6) is 7.41. The van der Waals surface area contributed by atoms with E-state index in [0.29, 0.717) is 63.5 Å². The van der Waals surface area contributed by atoms with E-state index < -0.39 is 47.0 Å². The van der Waals surface area contributed by atoms with E-state index in [1.807, 2.05) is 13.0 Å². The number of rotatable bonds is 15. The molecule has 1 amide bonds. The summed E-state index contributed by atoms with van der Waals surface area (Å²) in [6, 6.07) is 9.02. The minimum absolute atomic E-state index is 0.0262. The van der Waals surface area contributed by atoms with Gasteiger partial charge in [0.25, 0.3) is 0 Å². The minimum Gasteiger partial charge on any atom is -0.481 e. The molecular weight excluding hydrogens is 961 g/mol. The molecule has 1 aromatic rings. The highest BCUT2D eigenvalue weighted by molar-refractivity contribution is 5.93. The number of alkyl carbamates (subject to hydrolysis) is 1. The fourth-order valence-corrected chi connectivity index (χ4v) is 17.6. The maximum Gasteiger partial charge on any atom is 0.508 e. The summed E-state index contributed by atoms with van der Waals surface area (Å²) in [5.41, 5.74) is 4.02. The van der Waals surface area contributed by atoms with Crippen LogP contribution in [0.3, 0.4) is 0 Å². The molecule has 3 unspecified atom stereocenters. The first-order valence-corrected chi connectivity index (χ1v) is 29.3. The maximum atomic E-state index is 13.6. The molecule has 1 aromatic carbocycles. The highest BCUT2D eigenvalue weighted by Gasteiger charge is 2.67. The van der Waals surface area contributed by atoms with E-state index in [-0.39, 0.29) is 83.7 Å². The lowest BCUT2D eigenvalue weighted by molar-refractivity contribution is -0.211. The maximum absolute atomic E-state index is 13.6. The van der Waals surface area contributed by atoms with Gasteiger partial charge >= 0.3 is 18.2 Å². The standard InChI is InChI=1S/C63H90N2O11/c1-10-26-63(72)28-25-49-46-19-15-40-33-43(66)18-20-45(40)55(46)47(37-61(49,63)7)39-13-16-42(17-14-39)65(9)30-32-73-44-24-27-60(6)41(34-44)35-52(75-58(71)74-31-11-29-64-57(70)76-59(3,4)5)56-50-22-21-48(38(2)12-23-54(68)69)62(50,8)53(67)36-51(56)60/h13-14,16-17,33,38,41,44,46-53,56,67,72H,11-12,15,18-25,27-32,34-37H2,1-9H3,(H,64,70)(H,68,69)/t38-,41+,44+,46?,47-,48?,49?,50+,51+,52-,53+,56+,60+,61+,62-,63+/m1/s1. The Bertz CT molecular complexity index is 2470. The number of aliphatic hydroxyl groups is 2. The van der Waals surface area contributed by atoms with Gasteiger partial charge in [0.2, 0.25) is 0 Å². The first kappa shape index (κ1) is 56.3. The van der Waals surface area contributed by atoms with E-state index in [1.54, 1.807) is 20.8 Å². The number of hydrogen-bond acceptors (Lipinski definition) is 11. The number of likely N-dealkylation sites (N-methyl/N-ethyl adjacent to an activating group) is 1. The molecule has 76 heavy (non-hydrogen) atoms. The van der Waals surface area contributed by atoms with Gasteiger partial charge in [0, 0.05) is 55.9 Å². The summed E-state index contributed by atoms with van der Waals surface area (Å²) in [6.07, 6.45) is 12.4. The normalized spacial score (nSPS) is 37.8. The number of aliphatic carboxylic acids is 1. The van der Waals surface area contributed by atoms with Crippen LogP contribution in [0.1, 0.15) is 176 Å². The predicted octanol–water partition coefficient (Wildman–Crippen LogP) is 11.3. The number of allylic oxidation sites excluding steroid dienone is 4. The highest BCUT2D eigenvalue weighted by Crippen LogP contribution is 2.70. The van der Waals surface area contributed by atoms with Gasteiger partial charge in [0.1, 0.15) is 17.3 Å². The van der Waals surface area contributed by atoms with Gasteiger partial charge in [0.05, 0.1) is 25.4 Å².